The van der Waals surface area contributed by atoms with E-state index in [1.165, 1.54) is 12.1 Å². The van der Waals surface area contributed by atoms with Gasteiger partial charge in [0.05, 0.1) is 17.9 Å². The van der Waals surface area contributed by atoms with Gasteiger partial charge in [0.2, 0.25) is 5.91 Å². The fourth-order valence-corrected chi connectivity index (χ4v) is 5.76. The normalized spacial score (nSPS) is 19.0. The van der Waals surface area contributed by atoms with E-state index in [0.29, 0.717) is 24.6 Å². The molecule has 0 atom stereocenters. The SMILES string of the molecule is CC(C)c1cc(F)cc2c1C1(CNC1)C(=O)N2Cc1nc2c(n1CCCC(F)(F)F)CCCC2. The first kappa shape index (κ1) is 23.3. The number of carbonyl (C=O) groups is 1. The van der Waals surface area contributed by atoms with E-state index in [1.807, 2.05) is 18.4 Å². The summed E-state index contributed by atoms with van der Waals surface area (Å²) in [6.07, 6.45) is -1.57. The van der Waals surface area contributed by atoms with E-state index in [0.717, 1.165) is 48.2 Å². The summed E-state index contributed by atoms with van der Waals surface area (Å²) in [6.45, 7) is 5.31. The van der Waals surface area contributed by atoms with Crippen LogP contribution >= 0.6 is 0 Å². The average Bonchev–Trinajstić information content (AvgIpc) is 3.19. The number of nitrogens with zero attached hydrogens (tertiary/aromatic N) is 3. The van der Waals surface area contributed by atoms with Crippen molar-refractivity contribution in [3.05, 3.63) is 46.3 Å². The minimum atomic E-state index is -4.21. The number of imidazole rings is 1. The predicted molar refractivity (Wildman–Crippen MR) is 120 cm³/mol. The molecule has 5 nitrogen and oxygen atoms in total. The third-order valence-corrected chi connectivity index (χ3v) is 7.47. The maximum Gasteiger partial charge on any atom is 0.389 e. The van der Waals surface area contributed by atoms with E-state index in [1.54, 1.807) is 4.90 Å². The fraction of sp³-hybridized carbons (Fsp3) is 0.600. The molecule has 5 rings (SSSR count). The van der Waals surface area contributed by atoms with Gasteiger partial charge in [-0.3, -0.25) is 4.79 Å². The van der Waals surface area contributed by atoms with Crippen LogP contribution in [0.1, 0.15) is 73.8 Å². The highest BCUT2D eigenvalue weighted by Crippen LogP contribution is 2.48. The second-order valence-electron chi connectivity index (χ2n) is 10.1. The second kappa shape index (κ2) is 8.36. The maximum atomic E-state index is 14.7. The number of carbonyl (C=O) groups excluding carboxylic acids is 1. The van der Waals surface area contributed by atoms with Crippen molar-refractivity contribution in [1.82, 2.24) is 14.9 Å². The third-order valence-electron chi connectivity index (χ3n) is 7.47. The Bertz CT molecular complexity index is 1120. The highest BCUT2D eigenvalue weighted by atomic mass is 19.4. The van der Waals surface area contributed by atoms with E-state index < -0.39 is 23.8 Å². The molecule has 1 spiro atoms. The van der Waals surface area contributed by atoms with Gasteiger partial charge in [-0.05, 0) is 61.3 Å². The number of hydrogen-bond acceptors (Lipinski definition) is 3. The topological polar surface area (TPSA) is 50.2 Å². The first-order chi connectivity index (χ1) is 16.1. The van der Waals surface area contributed by atoms with Crippen molar-refractivity contribution < 1.29 is 22.4 Å². The van der Waals surface area contributed by atoms with Crippen LogP contribution in [0.25, 0.3) is 0 Å². The molecule has 184 valence electrons. The first-order valence-corrected chi connectivity index (χ1v) is 12.1. The molecule has 1 fully saturated rings. The molecule has 0 unspecified atom stereocenters. The lowest BCUT2D eigenvalue weighted by atomic mass is 9.73. The summed E-state index contributed by atoms with van der Waals surface area (Å²) in [7, 11) is 0. The fourth-order valence-electron chi connectivity index (χ4n) is 5.76. The van der Waals surface area contributed by atoms with Crippen molar-refractivity contribution in [2.24, 2.45) is 0 Å². The molecule has 3 aliphatic rings. The summed E-state index contributed by atoms with van der Waals surface area (Å²) in [5.74, 6) is 0.161. The molecule has 1 aromatic carbocycles. The van der Waals surface area contributed by atoms with Crippen LogP contribution in [0.4, 0.5) is 23.2 Å². The van der Waals surface area contributed by atoms with E-state index in [-0.39, 0.29) is 31.3 Å². The van der Waals surface area contributed by atoms with Crippen molar-refractivity contribution in [3.8, 4) is 0 Å². The zero-order chi connectivity index (χ0) is 24.3. The Morgan fingerprint density at radius 1 is 1.18 bits per heavy atom. The average molecular weight is 479 g/mol. The number of fused-ring (bicyclic) bond motifs is 3. The van der Waals surface area contributed by atoms with Gasteiger partial charge in [0.25, 0.3) is 0 Å². The van der Waals surface area contributed by atoms with E-state index in [2.05, 4.69) is 5.32 Å². The van der Waals surface area contributed by atoms with Crippen LogP contribution in [-0.2, 0) is 36.1 Å². The van der Waals surface area contributed by atoms with Crippen molar-refractivity contribution in [1.29, 1.82) is 0 Å². The van der Waals surface area contributed by atoms with Gasteiger partial charge in [-0.15, -0.1) is 0 Å². The summed E-state index contributed by atoms with van der Waals surface area (Å²) in [4.78, 5) is 20.1. The quantitative estimate of drug-likeness (QED) is 0.610. The summed E-state index contributed by atoms with van der Waals surface area (Å²) < 4.78 is 55.0. The first-order valence-electron chi connectivity index (χ1n) is 12.1. The van der Waals surface area contributed by atoms with Crippen LogP contribution in [0.2, 0.25) is 0 Å². The van der Waals surface area contributed by atoms with Gasteiger partial charge in [0, 0.05) is 31.7 Å². The Labute approximate surface area is 196 Å². The van der Waals surface area contributed by atoms with E-state index in [9.17, 15) is 22.4 Å². The molecule has 0 saturated carbocycles. The van der Waals surface area contributed by atoms with Gasteiger partial charge in [0.1, 0.15) is 17.1 Å². The number of hydrogen-bond donors (Lipinski definition) is 1. The summed E-state index contributed by atoms with van der Waals surface area (Å²) in [6, 6.07) is 2.94. The maximum absolute atomic E-state index is 14.7. The Morgan fingerprint density at radius 3 is 2.56 bits per heavy atom. The number of anilines is 1. The van der Waals surface area contributed by atoms with Crippen LogP contribution < -0.4 is 10.2 Å². The molecule has 1 saturated heterocycles. The van der Waals surface area contributed by atoms with Gasteiger partial charge in [-0.1, -0.05) is 13.8 Å². The standard InChI is InChI=1S/C25H30F4N4O/c1-15(2)17-10-16(26)11-20-22(17)24(13-30-14-24)23(34)33(20)12-21-31-18-6-3-4-7-19(18)32(21)9-5-8-25(27,28)29/h10-11,15,30H,3-9,12-14H2,1-2H3. The highest BCUT2D eigenvalue weighted by Gasteiger charge is 2.56. The van der Waals surface area contributed by atoms with E-state index in [4.69, 9.17) is 4.98 Å². The molecule has 2 aliphatic heterocycles. The molecule has 3 heterocycles. The van der Waals surface area contributed by atoms with Crippen LogP contribution in [0.15, 0.2) is 12.1 Å². The molecule has 1 aliphatic carbocycles. The highest BCUT2D eigenvalue weighted by molar-refractivity contribution is 6.09. The van der Waals surface area contributed by atoms with Crippen molar-refractivity contribution in [2.45, 2.75) is 83.0 Å². The van der Waals surface area contributed by atoms with E-state index >= 15 is 0 Å². The van der Waals surface area contributed by atoms with Crippen LogP contribution in [0.3, 0.4) is 0 Å². The largest absolute Gasteiger partial charge is 0.389 e. The molecular weight excluding hydrogens is 448 g/mol. The van der Waals surface area contributed by atoms with Gasteiger partial charge in [-0.2, -0.15) is 13.2 Å². The Kier molecular flexibility index (Phi) is 5.73. The molecule has 0 bridgehead atoms. The van der Waals surface area contributed by atoms with Crippen molar-refractivity contribution in [3.63, 3.8) is 0 Å². The molecule has 2 aromatic rings. The Hall–Kier alpha value is -2.42. The molecule has 34 heavy (non-hydrogen) atoms. The zero-order valence-corrected chi connectivity index (χ0v) is 19.6. The second-order valence-corrected chi connectivity index (χ2v) is 10.1. The number of nitrogens with one attached hydrogen (secondary N) is 1. The monoisotopic (exact) mass is 478 g/mol. The van der Waals surface area contributed by atoms with Gasteiger partial charge in [-0.25, -0.2) is 9.37 Å². The number of halogens is 4. The number of aryl methyl sites for hydroxylation is 1. The molecule has 1 aromatic heterocycles. The lowest BCUT2D eigenvalue weighted by Gasteiger charge is -2.39. The molecule has 0 radical (unpaired) electrons. The number of alkyl halides is 3. The van der Waals surface area contributed by atoms with Crippen LogP contribution in [0, 0.1) is 5.82 Å². The zero-order valence-electron chi connectivity index (χ0n) is 19.6. The molecule has 9 heteroatoms. The molecule has 1 N–H and O–H groups in total. The minimum Gasteiger partial charge on any atom is -0.330 e. The van der Waals surface area contributed by atoms with Gasteiger partial charge < -0.3 is 14.8 Å². The van der Waals surface area contributed by atoms with Gasteiger partial charge in [0.15, 0.2) is 0 Å². The van der Waals surface area contributed by atoms with Gasteiger partial charge >= 0.3 is 6.18 Å². The van der Waals surface area contributed by atoms with Crippen molar-refractivity contribution >= 4 is 11.6 Å². The number of benzene rings is 1. The smallest absolute Gasteiger partial charge is 0.330 e. The minimum absolute atomic E-state index is 0.0379. The lowest BCUT2D eigenvalue weighted by molar-refractivity contribution is -0.136. The van der Waals surface area contributed by atoms with Crippen LogP contribution in [0.5, 0.6) is 0 Å². The van der Waals surface area contributed by atoms with Crippen molar-refractivity contribution in [2.75, 3.05) is 18.0 Å². The summed E-state index contributed by atoms with van der Waals surface area (Å²) in [5.41, 5.74) is 3.47. The molecular formula is C25H30F4N4O. The van der Waals surface area contributed by atoms with Crippen LogP contribution in [-0.4, -0.2) is 34.7 Å². The summed E-state index contributed by atoms with van der Waals surface area (Å²) >= 11 is 0. The Balaban J connectivity index is 1.53. The number of rotatable bonds is 6. The molecule has 1 amide bonds. The lowest BCUT2D eigenvalue weighted by Crippen LogP contribution is -2.62. The third kappa shape index (κ3) is 3.82. The number of amides is 1. The predicted octanol–water partition coefficient (Wildman–Crippen LogP) is 4.75. The Morgan fingerprint density at radius 2 is 1.91 bits per heavy atom. The number of aromatic nitrogens is 2. The summed E-state index contributed by atoms with van der Waals surface area (Å²) in [5, 5.41) is 3.20.